The molecular formula is C19H20N4OS. The Bertz CT molecular complexity index is 828. The van der Waals surface area contributed by atoms with E-state index in [1.54, 1.807) is 17.5 Å². The molecule has 128 valence electrons. The van der Waals surface area contributed by atoms with E-state index in [0.29, 0.717) is 0 Å². The van der Waals surface area contributed by atoms with Crippen molar-refractivity contribution in [3.05, 3.63) is 70.7 Å². The zero-order chi connectivity index (χ0) is 17.1. The average molecular weight is 352 g/mol. The largest absolute Gasteiger partial charge is 0.338 e. The molecule has 1 unspecified atom stereocenters. The molecule has 0 saturated carbocycles. The fourth-order valence-electron chi connectivity index (χ4n) is 3.44. The van der Waals surface area contributed by atoms with Crippen LogP contribution in [-0.2, 0) is 6.54 Å². The van der Waals surface area contributed by atoms with Crippen molar-refractivity contribution in [3.63, 3.8) is 0 Å². The zero-order valence-electron chi connectivity index (χ0n) is 13.9. The minimum Gasteiger partial charge on any atom is -0.338 e. The molecule has 0 aromatic carbocycles. The molecule has 0 radical (unpaired) electrons. The average Bonchev–Trinajstić information content (AvgIpc) is 3.34. The summed E-state index contributed by atoms with van der Waals surface area (Å²) in [5, 5.41) is 3.88. The molecule has 3 aromatic rings. The molecule has 0 spiro atoms. The minimum atomic E-state index is 0.135. The first-order chi connectivity index (χ1) is 12.3. The van der Waals surface area contributed by atoms with Crippen LogP contribution in [0.1, 0.15) is 40.5 Å². The lowest BCUT2D eigenvalue weighted by atomic mass is 9.96. The van der Waals surface area contributed by atoms with Crippen molar-refractivity contribution in [1.29, 1.82) is 0 Å². The molecule has 1 atom stereocenters. The minimum absolute atomic E-state index is 0.135. The normalized spacial score (nSPS) is 17.6. The predicted molar refractivity (Wildman–Crippen MR) is 97.8 cm³/mol. The van der Waals surface area contributed by atoms with Crippen molar-refractivity contribution < 1.29 is 4.79 Å². The Labute approximate surface area is 151 Å². The van der Waals surface area contributed by atoms with E-state index < -0.39 is 0 Å². The van der Waals surface area contributed by atoms with Gasteiger partial charge in [-0.15, -0.1) is 0 Å². The summed E-state index contributed by atoms with van der Waals surface area (Å²) >= 11 is 1.56. The molecule has 0 N–H and O–H groups in total. The van der Waals surface area contributed by atoms with Gasteiger partial charge in [-0.3, -0.25) is 9.78 Å². The highest BCUT2D eigenvalue weighted by Gasteiger charge is 2.28. The van der Waals surface area contributed by atoms with Gasteiger partial charge in [0.1, 0.15) is 5.82 Å². The van der Waals surface area contributed by atoms with Crippen LogP contribution in [0.4, 0.5) is 0 Å². The van der Waals surface area contributed by atoms with Crippen molar-refractivity contribution in [2.45, 2.75) is 25.3 Å². The molecule has 25 heavy (non-hydrogen) atoms. The summed E-state index contributed by atoms with van der Waals surface area (Å²) in [6, 6.07) is 5.93. The second kappa shape index (κ2) is 7.19. The number of amides is 1. The van der Waals surface area contributed by atoms with Crippen LogP contribution in [0, 0.1) is 0 Å². The molecule has 1 amide bonds. The Kier molecular flexibility index (Phi) is 4.61. The maximum atomic E-state index is 12.6. The third kappa shape index (κ3) is 3.49. The maximum Gasteiger partial charge on any atom is 0.254 e. The predicted octanol–water partition coefficient (Wildman–Crippen LogP) is 3.41. The quantitative estimate of drug-likeness (QED) is 0.723. The SMILES string of the molecule is O=C(c1ccsc1)N1CCCC(c2nccn2Cc2cccnc2)C1. The van der Waals surface area contributed by atoms with Crippen molar-refractivity contribution >= 4 is 17.2 Å². The molecule has 6 heteroatoms. The topological polar surface area (TPSA) is 51.0 Å². The van der Waals surface area contributed by atoms with Gasteiger partial charge in [0.05, 0.1) is 12.1 Å². The number of carbonyl (C=O) groups excluding carboxylic acids is 1. The fraction of sp³-hybridized carbons (Fsp3) is 0.316. The molecule has 0 aliphatic carbocycles. The van der Waals surface area contributed by atoms with Crippen molar-refractivity contribution in [3.8, 4) is 0 Å². The highest BCUT2D eigenvalue weighted by atomic mass is 32.1. The summed E-state index contributed by atoms with van der Waals surface area (Å²) in [6.07, 6.45) is 9.62. The van der Waals surface area contributed by atoms with Crippen LogP contribution in [0.25, 0.3) is 0 Å². The van der Waals surface area contributed by atoms with Gasteiger partial charge in [0, 0.05) is 49.2 Å². The molecule has 1 fully saturated rings. The molecule has 5 nitrogen and oxygen atoms in total. The molecule has 0 bridgehead atoms. The van der Waals surface area contributed by atoms with Crippen molar-refractivity contribution in [1.82, 2.24) is 19.4 Å². The standard InChI is InChI=1S/C19H20N4OS/c24-19(17-5-10-25-14-17)23-8-2-4-16(13-23)18-21-7-9-22(18)12-15-3-1-6-20-11-15/h1,3,5-7,9-11,14,16H,2,4,8,12-13H2. The Morgan fingerprint density at radius 2 is 2.28 bits per heavy atom. The van der Waals surface area contributed by atoms with E-state index in [2.05, 4.69) is 20.6 Å². The number of aromatic nitrogens is 3. The summed E-state index contributed by atoms with van der Waals surface area (Å²) < 4.78 is 2.18. The Morgan fingerprint density at radius 3 is 3.08 bits per heavy atom. The van der Waals surface area contributed by atoms with Crippen molar-refractivity contribution in [2.75, 3.05) is 13.1 Å². The first-order valence-electron chi connectivity index (χ1n) is 8.52. The summed E-state index contributed by atoms with van der Waals surface area (Å²) in [5.41, 5.74) is 1.95. The van der Waals surface area contributed by atoms with E-state index in [-0.39, 0.29) is 11.8 Å². The summed E-state index contributed by atoms with van der Waals surface area (Å²) in [5.74, 6) is 1.48. The molecule has 1 aliphatic rings. The number of imidazole rings is 1. The van der Waals surface area contributed by atoms with E-state index >= 15 is 0 Å². The second-order valence-electron chi connectivity index (χ2n) is 6.38. The summed E-state index contributed by atoms with van der Waals surface area (Å²) in [4.78, 5) is 23.4. The number of hydrogen-bond donors (Lipinski definition) is 0. The molecular weight excluding hydrogens is 332 g/mol. The lowest BCUT2D eigenvalue weighted by Gasteiger charge is -2.32. The van der Waals surface area contributed by atoms with Gasteiger partial charge in [0.25, 0.3) is 5.91 Å². The number of hydrogen-bond acceptors (Lipinski definition) is 4. The van der Waals surface area contributed by atoms with Gasteiger partial charge in [0.2, 0.25) is 0 Å². The Morgan fingerprint density at radius 1 is 1.32 bits per heavy atom. The van der Waals surface area contributed by atoms with Crippen LogP contribution in [0.5, 0.6) is 0 Å². The first-order valence-corrected chi connectivity index (χ1v) is 9.47. The first kappa shape index (κ1) is 16.0. The third-order valence-corrected chi connectivity index (χ3v) is 5.35. The van der Waals surface area contributed by atoms with Crippen LogP contribution in [0.3, 0.4) is 0 Å². The van der Waals surface area contributed by atoms with Crippen LogP contribution in [0.15, 0.2) is 53.7 Å². The fourth-order valence-corrected chi connectivity index (χ4v) is 4.07. The highest BCUT2D eigenvalue weighted by Crippen LogP contribution is 2.27. The van der Waals surface area contributed by atoms with Crippen molar-refractivity contribution in [2.24, 2.45) is 0 Å². The lowest BCUT2D eigenvalue weighted by molar-refractivity contribution is 0.0704. The van der Waals surface area contributed by atoms with Gasteiger partial charge in [-0.1, -0.05) is 6.07 Å². The molecule has 3 aromatic heterocycles. The van der Waals surface area contributed by atoms with Gasteiger partial charge in [-0.2, -0.15) is 11.3 Å². The lowest BCUT2D eigenvalue weighted by Crippen LogP contribution is -2.39. The number of likely N-dealkylation sites (tertiary alicyclic amines) is 1. The molecule has 4 rings (SSSR count). The van der Waals surface area contributed by atoms with Gasteiger partial charge < -0.3 is 9.47 Å². The van der Waals surface area contributed by atoms with E-state index in [9.17, 15) is 4.79 Å². The number of thiophene rings is 1. The van der Waals surface area contributed by atoms with Gasteiger partial charge in [-0.25, -0.2) is 4.98 Å². The number of nitrogens with zero attached hydrogens (tertiary/aromatic N) is 4. The number of piperidine rings is 1. The van der Waals surface area contributed by atoms with Gasteiger partial charge in [0.15, 0.2) is 0 Å². The molecule has 4 heterocycles. The van der Waals surface area contributed by atoms with Crippen LogP contribution in [0.2, 0.25) is 0 Å². The number of rotatable bonds is 4. The van der Waals surface area contributed by atoms with E-state index in [4.69, 9.17) is 0 Å². The van der Waals surface area contributed by atoms with E-state index in [0.717, 1.165) is 49.4 Å². The van der Waals surface area contributed by atoms with Gasteiger partial charge in [-0.05, 0) is 35.9 Å². The second-order valence-corrected chi connectivity index (χ2v) is 7.16. The van der Waals surface area contributed by atoms with Crippen LogP contribution < -0.4 is 0 Å². The zero-order valence-corrected chi connectivity index (χ0v) is 14.7. The van der Waals surface area contributed by atoms with Crippen LogP contribution in [-0.4, -0.2) is 38.4 Å². The summed E-state index contributed by atoms with van der Waals surface area (Å²) in [6.45, 7) is 2.32. The summed E-state index contributed by atoms with van der Waals surface area (Å²) in [7, 11) is 0. The van der Waals surface area contributed by atoms with Gasteiger partial charge >= 0.3 is 0 Å². The Balaban J connectivity index is 1.50. The molecule has 1 saturated heterocycles. The smallest absolute Gasteiger partial charge is 0.254 e. The van der Waals surface area contributed by atoms with E-state index in [1.807, 2.05) is 46.4 Å². The number of pyridine rings is 1. The third-order valence-electron chi connectivity index (χ3n) is 4.67. The molecule has 1 aliphatic heterocycles. The maximum absolute atomic E-state index is 12.6. The highest BCUT2D eigenvalue weighted by molar-refractivity contribution is 7.08. The monoisotopic (exact) mass is 352 g/mol. The number of carbonyl (C=O) groups is 1. The Hall–Kier alpha value is -2.47. The van der Waals surface area contributed by atoms with Crippen LogP contribution >= 0.6 is 11.3 Å². The van der Waals surface area contributed by atoms with E-state index in [1.165, 1.54) is 0 Å².